The van der Waals surface area contributed by atoms with Gasteiger partial charge in [-0.25, -0.2) is 0 Å². The molecule has 3 heteroatoms. The number of nitrogens with zero attached hydrogens (tertiary/aromatic N) is 1. The summed E-state index contributed by atoms with van der Waals surface area (Å²) in [6.45, 7) is 4.55. The number of amidine groups is 1. The van der Waals surface area contributed by atoms with Crippen molar-refractivity contribution in [2.45, 2.75) is 51.5 Å². The molecule has 3 N–H and O–H groups in total. The van der Waals surface area contributed by atoms with Gasteiger partial charge in [0, 0.05) is 12.5 Å². The Morgan fingerprint density at radius 2 is 2.05 bits per heavy atom. The Labute approximate surface area is 129 Å². The summed E-state index contributed by atoms with van der Waals surface area (Å²) in [5, 5.41) is 7.70. The predicted molar refractivity (Wildman–Crippen MR) is 89.5 cm³/mol. The van der Waals surface area contributed by atoms with Crippen LogP contribution in [-0.4, -0.2) is 23.8 Å². The first-order valence-corrected chi connectivity index (χ1v) is 8.32. The van der Waals surface area contributed by atoms with Crippen molar-refractivity contribution in [1.29, 1.82) is 5.41 Å². The quantitative estimate of drug-likeness (QED) is 0.614. The number of likely N-dealkylation sites (tertiary alicyclic amines) is 1. The van der Waals surface area contributed by atoms with Gasteiger partial charge in [0.25, 0.3) is 0 Å². The van der Waals surface area contributed by atoms with E-state index in [0.717, 1.165) is 19.0 Å². The van der Waals surface area contributed by atoms with Gasteiger partial charge in [-0.1, -0.05) is 50.1 Å². The molecule has 2 unspecified atom stereocenters. The molecule has 2 rings (SSSR count). The summed E-state index contributed by atoms with van der Waals surface area (Å²) in [4.78, 5) is 2.55. The molecule has 1 aromatic carbocycles. The van der Waals surface area contributed by atoms with E-state index in [2.05, 4.69) is 36.1 Å². The highest BCUT2D eigenvalue weighted by molar-refractivity contribution is 5.77. The zero-order valence-electron chi connectivity index (χ0n) is 13.2. The third-order valence-corrected chi connectivity index (χ3v) is 4.62. The molecule has 1 heterocycles. The van der Waals surface area contributed by atoms with E-state index in [9.17, 15) is 0 Å². The number of nitrogens with one attached hydrogen (secondary N) is 1. The zero-order chi connectivity index (χ0) is 15.1. The van der Waals surface area contributed by atoms with Crippen molar-refractivity contribution in [1.82, 2.24) is 4.90 Å². The second-order valence-corrected chi connectivity index (χ2v) is 6.28. The van der Waals surface area contributed by atoms with E-state index in [4.69, 9.17) is 11.1 Å². The fourth-order valence-electron chi connectivity index (χ4n) is 3.54. The smallest absolute Gasteiger partial charge is 0.0924 e. The molecule has 0 bridgehead atoms. The number of rotatable bonds is 6. The van der Waals surface area contributed by atoms with Crippen LogP contribution in [-0.2, 0) is 0 Å². The third-order valence-electron chi connectivity index (χ3n) is 4.62. The standard InChI is InChI=1S/C18H29N3/c1-2-7-15-8-6-12-21(13-11-15)17(14-18(19)20)16-9-4-3-5-10-16/h3-5,9-10,15,17H,2,6-8,11-14H2,1H3,(H3,19,20). The molecule has 0 saturated carbocycles. The predicted octanol–water partition coefficient (Wildman–Crippen LogP) is 3.96. The van der Waals surface area contributed by atoms with Crippen LogP contribution in [0.3, 0.4) is 0 Å². The summed E-state index contributed by atoms with van der Waals surface area (Å²) < 4.78 is 0. The summed E-state index contributed by atoms with van der Waals surface area (Å²) in [6, 6.07) is 10.8. The van der Waals surface area contributed by atoms with Crippen molar-refractivity contribution < 1.29 is 0 Å². The van der Waals surface area contributed by atoms with Crippen LogP contribution in [0.15, 0.2) is 30.3 Å². The first kappa shape index (κ1) is 16.0. The second-order valence-electron chi connectivity index (χ2n) is 6.28. The van der Waals surface area contributed by atoms with Crippen molar-refractivity contribution in [2.75, 3.05) is 13.1 Å². The lowest BCUT2D eigenvalue weighted by Gasteiger charge is -2.31. The molecule has 1 aliphatic heterocycles. The van der Waals surface area contributed by atoms with Gasteiger partial charge < -0.3 is 5.73 Å². The van der Waals surface area contributed by atoms with Gasteiger partial charge >= 0.3 is 0 Å². The molecule has 21 heavy (non-hydrogen) atoms. The SMILES string of the molecule is CCCC1CCCN(C(CC(=N)N)c2ccccc2)CC1. The van der Waals surface area contributed by atoms with E-state index in [1.807, 2.05) is 6.07 Å². The Hall–Kier alpha value is -1.35. The summed E-state index contributed by atoms with van der Waals surface area (Å²) >= 11 is 0. The fourth-order valence-corrected chi connectivity index (χ4v) is 3.54. The molecule has 0 radical (unpaired) electrons. The van der Waals surface area contributed by atoms with Crippen molar-refractivity contribution >= 4 is 5.84 Å². The molecule has 0 aliphatic carbocycles. The molecule has 0 amide bonds. The number of hydrogen-bond donors (Lipinski definition) is 2. The lowest BCUT2D eigenvalue weighted by molar-refractivity contribution is 0.206. The maximum Gasteiger partial charge on any atom is 0.0924 e. The van der Waals surface area contributed by atoms with Crippen molar-refractivity contribution in [3.63, 3.8) is 0 Å². The maximum atomic E-state index is 7.70. The Morgan fingerprint density at radius 1 is 1.29 bits per heavy atom. The van der Waals surface area contributed by atoms with Crippen LogP contribution in [0.5, 0.6) is 0 Å². The minimum Gasteiger partial charge on any atom is -0.388 e. The Balaban J connectivity index is 2.08. The lowest BCUT2D eigenvalue weighted by atomic mass is 9.96. The number of benzene rings is 1. The van der Waals surface area contributed by atoms with E-state index in [-0.39, 0.29) is 6.04 Å². The van der Waals surface area contributed by atoms with Gasteiger partial charge in [-0.15, -0.1) is 0 Å². The van der Waals surface area contributed by atoms with Crippen molar-refractivity contribution in [3.05, 3.63) is 35.9 Å². The van der Waals surface area contributed by atoms with Gasteiger partial charge in [-0.3, -0.25) is 10.3 Å². The zero-order valence-corrected chi connectivity index (χ0v) is 13.2. The molecule has 1 aliphatic rings. The molecule has 3 nitrogen and oxygen atoms in total. The van der Waals surface area contributed by atoms with Crippen LogP contribution in [0.4, 0.5) is 0 Å². The van der Waals surface area contributed by atoms with Crippen LogP contribution in [0.2, 0.25) is 0 Å². The highest BCUT2D eigenvalue weighted by Crippen LogP contribution is 2.29. The average Bonchev–Trinajstić information content (AvgIpc) is 2.72. The number of hydrogen-bond acceptors (Lipinski definition) is 2. The molecule has 1 fully saturated rings. The van der Waals surface area contributed by atoms with Gasteiger partial charge in [-0.2, -0.15) is 0 Å². The lowest BCUT2D eigenvalue weighted by Crippen LogP contribution is -2.32. The van der Waals surface area contributed by atoms with Gasteiger partial charge in [0.05, 0.1) is 5.84 Å². The Bertz CT molecular complexity index is 429. The second kappa shape index (κ2) is 8.18. The fraction of sp³-hybridized carbons (Fsp3) is 0.611. The van der Waals surface area contributed by atoms with Crippen LogP contribution in [0.1, 0.15) is 57.1 Å². The molecular formula is C18H29N3. The topological polar surface area (TPSA) is 53.1 Å². The average molecular weight is 287 g/mol. The Kier molecular flexibility index (Phi) is 6.24. The molecule has 1 saturated heterocycles. The summed E-state index contributed by atoms with van der Waals surface area (Å²) in [5.74, 6) is 1.17. The van der Waals surface area contributed by atoms with E-state index >= 15 is 0 Å². The van der Waals surface area contributed by atoms with Gasteiger partial charge in [0.2, 0.25) is 0 Å². The summed E-state index contributed by atoms with van der Waals surface area (Å²) in [5.41, 5.74) is 7.00. The highest BCUT2D eigenvalue weighted by atomic mass is 15.2. The largest absolute Gasteiger partial charge is 0.388 e. The van der Waals surface area contributed by atoms with Crippen LogP contribution < -0.4 is 5.73 Å². The van der Waals surface area contributed by atoms with Crippen LogP contribution in [0, 0.1) is 11.3 Å². The van der Waals surface area contributed by atoms with E-state index < -0.39 is 0 Å². The molecule has 0 aromatic heterocycles. The molecule has 116 valence electrons. The minimum absolute atomic E-state index is 0.268. The normalized spacial score (nSPS) is 21.7. The van der Waals surface area contributed by atoms with E-state index in [1.165, 1.54) is 37.7 Å². The van der Waals surface area contributed by atoms with Crippen LogP contribution >= 0.6 is 0 Å². The van der Waals surface area contributed by atoms with Gasteiger partial charge in [0.15, 0.2) is 0 Å². The van der Waals surface area contributed by atoms with E-state index in [0.29, 0.717) is 12.3 Å². The van der Waals surface area contributed by atoms with Gasteiger partial charge in [-0.05, 0) is 43.8 Å². The molecule has 1 aromatic rings. The van der Waals surface area contributed by atoms with E-state index in [1.54, 1.807) is 0 Å². The van der Waals surface area contributed by atoms with Crippen LogP contribution in [0.25, 0.3) is 0 Å². The third kappa shape index (κ3) is 4.85. The Morgan fingerprint density at radius 3 is 2.71 bits per heavy atom. The van der Waals surface area contributed by atoms with Crippen molar-refractivity contribution in [3.8, 4) is 0 Å². The van der Waals surface area contributed by atoms with Crippen molar-refractivity contribution in [2.24, 2.45) is 11.7 Å². The number of nitrogens with two attached hydrogens (primary N) is 1. The summed E-state index contributed by atoms with van der Waals surface area (Å²) in [7, 11) is 0. The van der Waals surface area contributed by atoms with Gasteiger partial charge in [0.1, 0.15) is 0 Å². The highest BCUT2D eigenvalue weighted by Gasteiger charge is 2.24. The molecule has 2 atom stereocenters. The molecular weight excluding hydrogens is 258 g/mol. The monoisotopic (exact) mass is 287 g/mol. The molecule has 0 spiro atoms. The summed E-state index contributed by atoms with van der Waals surface area (Å²) in [6.07, 6.45) is 7.20. The minimum atomic E-state index is 0.268. The first-order chi connectivity index (χ1) is 10.2. The maximum absolute atomic E-state index is 7.70. The first-order valence-electron chi connectivity index (χ1n) is 8.32.